The molecule has 104 valence electrons. The fourth-order valence-corrected chi connectivity index (χ4v) is 1.88. The van der Waals surface area contributed by atoms with Crippen LogP contribution in [0.5, 0.6) is 0 Å². The predicted octanol–water partition coefficient (Wildman–Crippen LogP) is 2.84. The number of aryl methyl sites for hydroxylation is 1. The summed E-state index contributed by atoms with van der Waals surface area (Å²) in [6.07, 6.45) is 0. The van der Waals surface area contributed by atoms with Crippen LogP contribution < -0.4 is 11.1 Å². The van der Waals surface area contributed by atoms with Crippen molar-refractivity contribution in [2.24, 2.45) is 10.9 Å². The monoisotopic (exact) mass is 273 g/mol. The highest BCUT2D eigenvalue weighted by atomic mass is 19.1. The van der Waals surface area contributed by atoms with Crippen LogP contribution in [0.1, 0.15) is 16.7 Å². The Hall–Kier alpha value is -2.56. The van der Waals surface area contributed by atoms with Crippen molar-refractivity contribution in [1.29, 1.82) is 0 Å². The number of nitrogens with zero attached hydrogens (tertiary/aromatic N) is 1. The number of halogens is 1. The average Bonchev–Trinajstić information content (AvgIpc) is 2.48. The lowest BCUT2D eigenvalue weighted by atomic mass is 10.1. The summed E-state index contributed by atoms with van der Waals surface area (Å²) >= 11 is 0. The van der Waals surface area contributed by atoms with Crippen molar-refractivity contribution >= 4 is 11.5 Å². The van der Waals surface area contributed by atoms with Gasteiger partial charge in [0.2, 0.25) is 0 Å². The molecule has 0 spiro atoms. The van der Waals surface area contributed by atoms with E-state index in [-0.39, 0.29) is 11.7 Å². The minimum Gasteiger partial charge on any atom is -0.409 e. The Labute approximate surface area is 116 Å². The molecular weight excluding hydrogens is 257 g/mol. The standard InChI is InChI=1S/C15H16FN3O/c1-10-6-7-12(8-14(10)16)18-9-11-4-2-3-5-13(11)15(17)19-20/h2-8,18,20H,9H2,1H3,(H2,17,19). The molecule has 0 fully saturated rings. The topological polar surface area (TPSA) is 70.6 Å². The molecule has 0 aliphatic heterocycles. The SMILES string of the molecule is Cc1ccc(NCc2ccccc2C(N)=NO)cc1F. The molecule has 2 aromatic rings. The Bertz CT molecular complexity index is 641. The summed E-state index contributed by atoms with van der Waals surface area (Å²) in [5.74, 6) is -0.197. The van der Waals surface area contributed by atoms with Crippen molar-refractivity contribution in [1.82, 2.24) is 0 Å². The third-order valence-electron chi connectivity index (χ3n) is 3.06. The highest BCUT2D eigenvalue weighted by Crippen LogP contribution is 2.16. The molecule has 2 rings (SSSR count). The van der Waals surface area contributed by atoms with E-state index >= 15 is 0 Å². The molecule has 5 heteroatoms. The highest BCUT2D eigenvalue weighted by Gasteiger charge is 2.06. The summed E-state index contributed by atoms with van der Waals surface area (Å²) < 4.78 is 13.5. The van der Waals surface area contributed by atoms with Crippen LogP contribution in [-0.2, 0) is 6.54 Å². The molecule has 0 aliphatic rings. The molecule has 0 saturated heterocycles. The number of amidine groups is 1. The van der Waals surface area contributed by atoms with E-state index in [0.717, 1.165) is 5.56 Å². The van der Waals surface area contributed by atoms with E-state index in [1.165, 1.54) is 6.07 Å². The fourth-order valence-electron chi connectivity index (χ4n) is 1.88. The van der Waals surface area contributed by atoms with Gasteiger partial charge in [-0.05, 0) is 30.2 Å². The maximum Gasteiger partial charge on any atom is 0.170 e. The van der Waals surface area contributed by atoms with Gasteiger partial charge in [0.05, 0.1) is 0 Å². The molecule has 2 aromatic carbocycles. The van der Waals surface area contributed by atoms with E-state index in [9.17, 15) is 4.39 Å². The first-order valence-corrected chi connectivity index (χ1v) is 6.17. The lowest BCUT2D eigenvalue weighted by Crippen LogP contribution is -2.16. The van der Waals surface area contributed by atoms with E-state index in [4.69, 9.17) is 10.9 Å². The molecular formula is C15H16FN3O. The summed E-state index contributed by atoms with van der Waals surface area (Å²) in [6.45, 7) is 2.17. The molecule has 0 saturated carbocycles. The van der Waals surface area contributed by atoms with Crippen molar-refractivity contribution in [3.05, 3.63) is 65.0 Å². The van der Waals surface area contributed by atoms with Gasteiger partial charge in [-0.15, -0.1) is 0 Å². The first-order valence-electron chi connectivity index (χ1n) is 6.17. The number of hydrogen-bond donors (Lipinski definition) is 3. The molecule has 0 heterocycles. The molecule has 0 amide bonds. The summed E-state index contributed by atoms with van der Waals surface area (Å²) in [4.78, 5) is 0. The molecule has 0 radical (unpaired) electrons. The van der Waals surface area contributed by atoms with Gasteiger partial charge in [-0.2, -0.15) is 0 Å². The van der Waals surface area contributed by atoms with Crippen molar-refractivity contribution in [3.63, 3.8) is 0 Å². The first kappa shape index (κ1) is 13.9. The van der Waals surface area contributed by atoms with Crippen LogP contribution in [0, 0.1) is 12.7 Å². The van der Waals surface area contributed by atoms with Crippen LogP contribution in [0.3, 0.4) is 0 Å². The Kier molecular flexibility index (Phi) is 4.20. The van der Waals surface area contributed by atoms with Gasteiger partial charge in [-0.3, -0.25) is 0 Å². The second kappa shape index (κ2) is 6.06. The first-order chi connectivity index (χ1) is 9.61. The molecule has 20 heavy (non-hydrogen) atoms. The quantitative estimate of drug-likeness (QED) is 0.347. The maximum absolute atomic E-state index is 13.5. The number of nitrogens with one attached hydrogen (secondary N) is 1. The third kappa shape index (κ3) is 3.06. The number of benzene rings is 2. The minimum atomic E-state index is -0.250. The number of nitrogens with two attached hydrogens (primary N) is 1. The molecule has 0 bridgehead atoms. The van der Waals surface area contributed by atoms with Gasteiger partial charge in [0.15, 0.2) is 5.84 Å². The van der Waals surface area contributed by atoms with Crippen molar-refractivity contribution in [3.8, 4) is 0 Å². The zero-order chi connectivity index (χ0) is 14.5. The number of hydrogen-bond acceptors (Lipinski definition) is 3. The van der Waals surface area contributed by atoms with Gasteiger partial charge in [0.1, 0.15) is 5.82 Å². The van der Waals surface area contributed by atoms with Crippen molar-refractivity contribution in [2.75, 3.05) is 5.32 Å². The molecule has 0 aliphatic carbocycles. The van der Waals surface area contributed by atoms with Crippen LogP contribution in [-0.4, -0.2) is 11.0 Å². The molecule has 4 N–H and O–H groups in total. The number of anilines is 1. The predicted molar refractivity (Wildman–Crippen MR) is 77.4 cm³/mol. The lowest BCUT2D eigenvalue weighted by molar-refractivity contribution is 0.318. The summed E-state index contributed by atoms with van der Waals surface area (Å²) in [7, 11) is 0. The van der Waals surface area contributed by atoms with Crippen molar-refractivity contribution in [2.45, 2.75) is 13.5 Å². The van der Waals surface area contributed by atoms with Crippen LogP contribution in [0.2, 0.25) is 0 Å². The number of oxime groups is 1. The van der Waals surface area contributed by atoms with E-state index < -0.39 is 0 Å². The summed E-state index contributed by atoms with van der Waals surface area (Å²) in [6, 6.07) is 12.3. The second-order valence-electron chi connectivity index (χ2n) is 4.46. The summed E-state index contributed by atoms with van der Waals surface area (Å²) in [5, 5.41) is 14.9. The summed E-state index contributed by atoms with van der Waals surface area (Å²) in [5.41, 5.74) is 8.42. The average molecular weight is 273 g/mol. The van der Waals surface area contributed by atoms with E-state index in [1.54, 1.807) is 19.1 Å². The second-order valence-corrected chi connectivity index (χ2v) is 4.46. The zero-order valence-corrected chi connectivity index (χ0v) is 11.1. The van der Waals surface area contributed by atoms with Crippen LogP contribution >= 0.6 is 0 Å². The van der Waals surface area contributed by atoms with Crippen LogP contribution in [0.25, 0.3) is 0 Å². The normalized spacial score (nSPS) is 11.4. The van der Waals surface area contributed by atoms with E-state index in [2.05, 4.69) is 10.5 Å². The van der Waals surface area contributed by atoms with E-state index in [1.807, 2.05) is 24.3 Å². The van der Waals surface area contributed by atoms with Gasteiger partial charge < -0.3 is 16.3 Å². The smallest absolute Gasteiger partial charge is 0.170 e. The zero-order valence-electron chi connectivity index (χ0n) is 11.1. The Balaban J connectivity index is 2.17. The van der Waals surface area contributed by atoms with Gasteiger partial charge in [0.25, 0.3) is 0 Å². The van der Waals surface area contributed by atoms with E-state index in [0.29, 0.717) is 23.4 Å². The third-order valence-corrected chi connectivity index (χ3v) is 3.06. The lowest BCUT2D eigenvalue weighted by Gasteiger charge is -2.11. The van der Waals surface area contributed by atoms with Gasteiger partial charge in [0, 0.05) is 17.8 Å². The molecule has 0 atom stereocenters. The van der Waals surface area contributed by atoms with Crippen LogP contribution in [0.15, 0.2) is 47.6 Å². The maximum atomic E-state index is 13.5. The van der Waals surface area contributed by atoms with Gasteiger partial charge >= 0.3 is 0 Å². The Morgan fingerprint density at radius 1 is 1.30 bits per heavy atom. The molecule has 4 nitrogen and oxygen atoms in total. The Morgan fingerprint density at radius 2 is 2.05 bits per heavy atom. The largest absolute Gasteiger partial charge is 0.409 e. The highest BCUT2D eigenvalue weighted by molar-refractivity contribution is 5.98. The Morgan fingerprint density at radius 3 is 2.75 bits per heavy atom. The molecule has 0 unspecified atom stereocenters. The molecule has 0 aromatic heterocycles. The van der Waals surface area contributed by atoms with Crippen LogP contribution in [0.4, 0.5) is 10.1 Å². The van der Waals surface area contributed by atoms with Crippen molar-refractivity contribution < 1.29 is 9.60 Å². The van der Waals surface area contributed by atoms with Gasteiger partial charge in [-0.1, -0.05) is 35.5 Å². The minimum absolute atomic E-state index is 0.0532. The number of rotatable bonds is 4. The fraction of sp³-hybridized carbons (Fsp3) is 0.133. The van der Waals surface area contributed by atoms with Gasteiger partial charge in [-0.25, -0.2) is 4.39 Å².